The fraction of sp³-hybridized carbons (Fsp3) is 0.308. The van der Waals surface area contributed by atoms with Gasteiger partial charge in [-0.05, 0) is 24.6 Å². The average molecular weight is 265 g/mol. The van der Waals surface area contributed by atoms with E-state index >= 15 is 0 Å². The van der Waals surface area contributed by atoms with Crippen molar-refractivity contribution in [3.63, 3.8) is 0 Å². The van der Waals surface area contributed by atoms with Crippen LogP contribution >= 0.6 is 0 Å². The van der Waals surface area contributed by atoms with Crippen LogP contribution in [-0.4, -0.2) is 33.9 Å². The van der Waals surface area contributed by atoms with Gasteiger partial charge in [0.15, 0.2) is 5.78 Å². The molecule has 0 bridgehead atoms. The van der Waals surface area contributed by atoms with Crippen LogP contribution < -0.4 is 5.32 Å². The molecule has 1 atom stereocenters. The van der Waals surface area contributed by atoms with Gasteiger partial charge in [0.25, 0.3) is 0 Å². The number of phenolic OH excluding ortho intramolecular Hbond substituents is 1. The van der Waals surface area contributed by atoms with Crippen molar-refractivity contribution in [1.82, 2.24) is 5.32 Å². The molecule has 0 aliphatic rings. The Kier molecular flexibility index (Phi) is 4.63. The van der Waals surface area contributed by atoms with Gasteiger partial charge >= 0.3 is 5.97 Å². The number of aromatic hydroxyl groups is 1. The molecular weight excluding hydrogens is 250 g/mol. The SMILES string of the molecule is CC(=O)N[C@@H](Cc1ccc(O)cc1C(C)=O)C(=O)O. The van der Waals surface area contributed by atoms with Crippen LogP contribution in [0, 0.1) is 0 Å². The van der Waals surface area contributed by atoms with Crippen molar-refractivity contribution in [1.29, 1.82) is 0 Å². The van der Waals surface area contributed by atoms with E-state index in [0.29, 0.717) is 5.56 Å². The normalized spacial score (nSPS) is 11.7. The van der Waals surface area contributed by atoms with Crippen LogP contribution in [0.15, 0.2) is 18.2 Å². The van der Waals surface area contributed by atoms with Crippen molar-refractivity contribution in [2.24, 2.45) is 0 Å². The van der Waals surface area contributed by atoms with E-state index in [1.165, 1.54) is 32.0 Å². The summed E-state index contributed by atoms with van der Waals surface area (Å²) >= 11 is 0. The predicted molar refractivity (Wildman–Crippen MR) is 67.1 cm³/mol. The lowest BCUT2D eigenvalue weighted by atomic mass is 9.97. The summed E-state index contributed by atoms with van der Waals surface area (Å²) in [5.74, 6) is -1.99. The Balaban J connectivity index is 3.05. The largest absolute Gasteiger partial charge is 0.508 e. The molecule has 1 amide bonds. The molecule has 1 aromatic carbocycles. The Labute approximate surface area is 110 Å². The van der Waals surface area contributed by atoms with Crippen LogP contribution in [-0.2, 0) is 16.0 Å². The molecule has 0 aliphatic carbocycles. The lowest BCUT2D eigenvalue weighted by Gasteiger charge is -2.15. The maximum absolute atomic E-state index is 11.4. The number of hydrogen-bond donors (Lipinski definition) is 3. The van der Waals surface area contributed by atoms with Gasteiger partial charge in [0, 0.05) is 18.9 Å². The number of nitrogens with one attached hydrogen (secondary N) is 1. The molecule has 0 fully saturated rings. The number of Topliss-reactive ketones (excluding diaryl/α,β-unsaturated/α-hetero) is 1. The highest BCUT2D eigenvalue weighted by Crippen LogP contribution is 2.19. The monoisotopic (exact) mass is 265 g/mol. The number of carboxylic acid groups (broad SMARTS) is 1. The minimum absolute atomic E-state index is 0.0237. The molecule has 3 N–H and O–H groups in total. The van der Waals surface area contributed by atoms with Gasteiger partial charge in [-0.3, -0.25) is 9.59 Å². The molecule has 19 heavy (non-hydrogen) atoms. The first kappa shape index (κ1) is 14.7. The number of aliphatic carboxylic acids is 1. The molecule has 6 nitrogen and oxygen atoms in total. The number of ketones is 1. The van der Waals surface area contributed by atoms with E-state index in [0.717, 1.165) is 0 Å². The van der Waals surface area contributed by atoms with Crippen LogP contribution in [0.3, 0.4) is 0 Å². The van der Waals surface area contributed by atoms with Crippen LogP contribution in [0.1, 0.15) is 29.8 Å². The summed E-state index contributed by atoms with van der Waals surface area (Å²) in [5.41, 5.74) is 0.711. The second kappa shape index (κ2) is 5.99. The first-order chi connectivity index (χ1) is 8.81. The fourth-order valence-electron chi connectivity index (χ4n) is 1.74. The highest BCUT2D eigenvalue weighted by molar-refractivity contribution is 5.96. The maximum Gasteiger partial charge on any atom is 0.326 e. The van der Waals surface area contributed by atoms with Gasteiger partial charge in [-0.15, -0.1) is 0 Å². The number of amides is 1. The summed E-state index contributed by atoms with van der Waals surface area (Å²) in [6.07, 6.45) is -0.0237. The first-order valence-corrected chi connectivity index (χ1v) is 5.64. The minimum atomic E-state index is -1.18. The van der Waals surface area contributed by atoms with Gasteiger partial charge in [-0.1, -0.05) is 6.07 Å². The van der Waals surface area contributed by atoms with E-state index in [9.17, 15) is 19.5 Å². The molecule has 0 spiro atoms. The third-order valence-corrected chi connectivity index (χ3v) is 2.57. The molecule has 0 aliphatic heterocycles. The number of phenols is 1. The van der Waals surface area contributed by atoms with E-state index in [-0.39, 0.29) is 23.5 Å². The summed E-state index contributed by atoms with van der Waals surface area (Å²) in [6, 6.07) is 3.02. The highest BCUT2D eigenvalue weighted by atomic mass is 16.4. The molecule has 1 rings (SSSR count). The Morgan fingerprint density at radius 1 is 1.26 bits per heavy atom. The third-order valence-electron chi connectivity index (χ3n) is 2.57. The molecule has 102 valence electrons. The standard InChI is InChI=1S/C13H15NO5/c1-7(15)11-6-10(17)4-3-9(11)5-12(13(18)19)14-8(2)16/h3-4,6,12,17H,5H2,1-2H3,(H,14,16)(H,18,19)/t12-/m0/s1. The molecule has 0 unspecified atom stereocenters. The number of rotatable bonds is 5. The van der Waals surface area contributed by atoms with E-state index in [2.05, 4.69) is 5.32 Å². The van der Waals surface area contributed by atoms with Crippen LogP contribution in [0.2, 0.25) is 0 Å². The van der Waals surface area contributed by atoms with Gasteiger partial charge in [0.1, 0.15) is 11.8 Å². The predicted octanol–water partition coefficient (Wildman–Crippen LogP) is 0.727. The molecule has 1 aromatic rings. The first-order valence-electron chi connectivity index (χ1n) is 5.64. The number of hydrogen-bond acceptors (Lipinski definition) is 4. The number of carbonyl (C=O) groups is 3. The molecular formula is C13H15NO5. The summed E-state index contributed by atoms with van der Waals surface area (Å²) in [5, 5.41) is 20.7. The molecule has 0 saturated carbocycles. The summed E-state index contributed by atoms with van der Waals surface area (Å²) < 4.78 is 0. The topological polar surface area (TPSA) is 104 Å². The number of carbonyl (C=O) groups excluding carboxylic acids is 2. The molecule has 0 aromatic heterocycles. The minimum Gasteiger partial charge on any atom is -0.508 e. The zero-order valence-electron chi connectivity index (χ0n) is 10.6. The molecule has 0 radical (unpaired) electrons. The summed E-state index contributed by atoms with van der Waals surface area (Å²) in [7, 11) is 0. The molecule has 6 heteroatoms. The van der Waals surface area contributed by atoms with E-state index in [1.54, 1.807) is 0 Å². The van der Waals surface area contributed by atoms with Crippen LogP contribution in [0.25, 0.3) is 0 Å². The van der Waals surface area contributed by atoms with Crippen molar-refractivity contribution >= 4 is 17.7 Å². The maximum atomic E-state index is 11.4. The highest BCUT2D eigenvalue weighted by Gasteiger charge is 2.21. The van der Waals surface area contributed by atoms with Gasteiger partial charge in [-0.25, -0.2) is 4.79 Å². The van der Waals surface area contributed by atoms with E-state index < -0.39 is 17.9 Å². The molecule has 0 saturated heterocycles. The Hall–Kier alpha value is -2.37. The smallest absolute Gasteiger partial charge is 0.326 e. The summed E-state index contributed by atoms with van der Waals surface area (Å²) in [6.45, 7) is 2.55. The quantitative estimate of drug-likeness (QED) is 0.681. The number of carboxylic acids is 1. The fourth-order valence-corrected chi connectivity index (χ4v) is 1.74. The van der Waals surface area contributed by atoms with Crippen LogP contribution in [0.4, 0.5) is 0 Å². The van der Waals surface area contributed by atoms with Crippen molar-refractivity contribution in [2.45, 2.75) is 26.3 Å². The second-order valence-corrected chi connectivity index (χ2v) is 4.19. The lowest BCUT2D eigenvalue weighted by Crippen LogP contribution is -2.41. The second-order valence-electron chi connectivity index (χ2n) is 4.19. The number of benzene rings is 1. The Bertz CT molecular complexity index is 524. The summed E-state index contributed by atoms with van der Waals surface area (Å²) in [4.78, 5) is 33.4. The average Bonchev–Trinajstić information content (AvgIpc) is 2.29. The molecule has 0 heterocycles. The van der Waals surface area contributed by atoms with Gasteiger partial charge in [-0.2, -0.15) is 0 Å². The van der Waals surface area contributed by atoms with Crippen molar-refractivity contribution in [3.05, 3.63) is 29.3 Å². The van der Waals surface area contributed by atoms with Crippen molar-refractivity contribution in [3.8, 4) is 5.75 Å². The lowest BCUT2D eigenvalue weighted by molar-refractivity contribution is -0.141. The van der Waals surface area contributed by atoms with Gasteiger partial charge in [0.2, 0.25) is 5.91 Å². The van der Waals surface area contributed by atoms with Crippen molar-refractivity contribution < 1.29 is 24.6 Å². The van der Waals surface area contributed by atoms with Gasteiger partial charge < -0.3 is 15.5 Å². The Morgan fingerprint density at radius 2 is 1.89 bits per heavy atom. The van der Waals surface area contributed by atoms with Gasteiger partial charge in [0.05, 0.1) is 0 Å². The van der Waals surface area contributed by atoms with E-state index in [1.807, 2.05) is 0 Å². The van der Waals surface area contributed by atoms with Crippen LogP contribution in [0.5, 0.6) is 5.75 Å². The zero-order chi connectivity index (χ0) is 14.6. The van der Waals surface area contributed by atoms with E-state index in [4.69, 9.17) is 5.11 Å². The Morgan fingerprint density at radius 3 is 2.37 bits per heavy atom. The third kappa shape index (κ3) is 4.09. The van der Waals surface area contributed by atoms with Crippen molar-refractivity contribution in [2.75, 3.05) is 0 Å². The zero-order valence-corrected chi connectivity index (χ0v) is 10.6.